The van der Waals surface area contributed by atoms with Crippen LogP contribution >= 0.6 is 0 Å². The number of hydrogen-bond acceptors (Lipinski definition) is 4. The standard InChI is InChI=1S/C14H22N2O3S/c1-3-15-20(18,19)14-6-4-12(5-7-14)16(2)10-11-8-13(17)9-11/h4-7,11,13,15,17H,3,8-10H2,1-2H3. The second-order valence-electron chi connectivity index (χ2n) is 5.37. The zero-order valence-corrected chi connectivity index (χ0v) is 12.7. The largest absolute Gasteiger partial charge is 0.393 e. The van der Waals surface area contributed by atoms with Gasteiger partial charge in [0.15, 0.2) is 0 Å². The monoisotopic (exact) mass is 298 g/mol. The van der Waals surface area contributed by atoms with E-state index in [9.17, 15) is 13.5 Å². The molecule has 0 bridgehead atoms. The molecule has 0 amide bonds. The summed E-state index contributed by atoms with van der Waals surface area (Å²) in [6, 6.07) is 6.89. The van der Waals surface area contributed by atoms with Crippen molar-refractivity contribution in [2.45, 2.75) is 30.8 Å². The molecule has 2 rings (SSSR count). The maximum absolute atomic E-state index is 11.8. The lowest BCUT2D eigenvalue weighted by Crippen LogP contribution is -2.37. The predicted molar refractivity (Wildman–Crippen MR) is 79.3 cm³/mol. The third kappa shape index (κ3) is 3.50. The Hall–Kier alpha value is -1.11. The van der Waals surface area contributed by atoms with E-state index in [2.05, 4.69) is 9.62 Å². The summed E-state index contributed by atoms with van der Waals surface area (Å²) in [6.07, 6.45) is 1.58. The maximum atomic E-state index is 11.8. The number of nitrogens with one attached hydrogen (secondary N) is 1. The molecule has 20 heavy (non-hydrogen) atoms. The molecule has 0 unspecified atom stereocenters. The molecule has 0 aliphatic heterocycles. The van der Waals surface area contributed by atoms with Crippen molar-refractivity contribution in [1.29, 1.82) is 0 Å². The van der Waals surface area contributed by atoms with Gasteiger partial charge in [0.2, 0.25) is 10.0 Å². The molecule has 0 heterocycles. The lowest BCUT2D eigenvalue weighted by atomic mass is 9.82. The number of aliphatic hydroxyl groups excluding tert-OH is 1. The van der Waals surface area contributed by atoms with Crippen LogP contribution in [0.25, 0.3) is 0 Å². The minimum Gasteiger partial charge on any atom is -0.393 e. The van der Waals surface area contributed by atoms with Gasteiger partial charge in [-0.05, 0) is 43.0 Å². The SMILES string of the molecule is CCNS(=O)(=O)c1ccc(N(C)CC2CC(O)C2)cc1. The molecule has 1 aromatic carbocycles. The average molecular weight is 298 g/mol. The van der Waals surface area contributed by atoms with Crippen molar-refractivity contribution in [2.24, 2.45) is 5.92 Å². The Balaban J connectivity index is 2.00. The van der Waals surface area contributed by atoms with Crippen molar-refractivity contribution in [3.05, 3.63) is 24.3 Å². The van der Waals surface area contributed by atoms with Crippen LogP contribution in [0.2, 0.25) is 0 Å². The summed E-state index contributed by atoms with van der Waals surface area (Å²) < 4.78 is 26.1. The molecular weight excluding hydrogens is 276 g/mol. The van der Waals surface area contributed by atoms with Crippen LogP contribution in [0.3, 0.4) is 0 Å². The first-order valence-corrected chi connectivity index (χ1v) is 8.39. The van der Waals surface area contributed by atoms with E-state index in [-0.39, 0.29) is 11.0 Å². The highest BCUT2D eigenvalue weighted by molar-refractivity contribution is 7.89. The minimum absolute atomic E-state index is 0.138. The molecule has 1 aliphatic rings. The van der Waals surface area contributed by atoms with Crippen LogP contribution in [0, 0.1) is 5.92 Å². The molecule has 0 aromatic heterocycles. The highest BCUT2D eigenvalue weighted by Crippen LogP contribution is 2.29. The smallest absolute Gasteiger partial charge is 0.240 e. The second kappa shape index (κ2) is 6.11. The van der Waals surface area contributed by atoms with Gasteiger partial charge < -0.3 is 10.0 Å². The lowest BCUT2D eigenvalue weighted by Gasteiger charge is -2.35. The summed E-state index contributed by atoms with van der Waals surface area (Å²) in [5, 5.41) is 9.29. The van der Waals surface area contributed by atoms with Crippen molar-refractivity contribution in [3.63, 3.8) is 0 Å². The first kappa shape index (κ1) is 15.3. The molecule has 0 saturated heterocycles. The molecule has 0 radical (unpaired) electrons. The first-order chi connectivity index (χ1) is 9.42. The van der Waals surface area contributed by atoms with Crippen molar-refractivity contribution in [3.8, 4) is 0 Å². The highest BCUT2D eigenvalue weighted by Gasteiger charge is 2.28. The van der Waals surface area contributed by atoms with E-state index in [1.54, 1.807) is 19.1 Å². The summed E-state index contributed by atoms with van der Waals surface area (Å²) in [4.78, 5) is 2.38. The van der Waals surface area contributed by atoms with Crippen molar-refractivity contribution in [1.82, 2.24) is 4.72 Å². The van der Waals surface area contributed by atoms with E-state index in [4.69, 9.17) is 0 Å². The topological polar surface area (TPSA) is 69.6 Å². The van der Waals surface area contributed by atoms with Gasteiger partial charge in [0.05, 0.1) is 11.0 Å². The summed E-state index contributed by atoms with van der Waals surface area (Å²) in [7, 11) is -1.39. The Morgan fingerprint density at radius 3 is 2.40 bits per heavy atom. The quantitative estimate of drug-likeness (QED) is 0.828. The molecular formula is C14H22N2O3S. The zero-order chi connectivity index (χ0) is 14.8. The number of benzene rings is 1. The average Bonchev–Trinajstić information content (AvgIpc) is 2.37. The maximum Gasteiger partial charge on any atom is 0.240 e. The van der Waals surface area contributed by atoms with E-state index >= 15 is 0 Å². The predicted octanol–water partition coefficient (Wildman–Crippen LogP) is 1.19. The van der Waals surface area contributed by atoms with E-state index in [1.807, 2.05) is 19.2 Å². The normalized spacial score (nSPS) is 22.4. The van der Waals surface area contributed by atoms with Crippen LogP contribution in [0.15, 0.2) is 29.2 Å². The number of anilines is 1. The van der Waals surface area contributed by atoms with Crippen LogP contribution in [0.4, 0.5) is 5.69 Å². The molecule has 1 fully saturated rings. The van der Waals surface area contributed by atoms with E-state index < -0.39 is 10.0 Å². The van der Waals surface area contributed by atoms with E-state index in [0.717, 1.165) is 25.1 Å². The molecule has 112 valence electrons. The lowest BCUT2D eigenvalue weighted by molar-refractivity contribution is 0.0465. The molecule has 1 aromatic rings. The van der Waals surface area contributed by atoms with Crippen molar-refractivity contribution >= 4 is 15.7 Å². The Morgan fingerprint density at radius 2 is 1.90 bits per heavy atom. The first-order valence-electron chi connectivity index (χ1n) is 6.91. The second-order valence-corrected chi connectivity index (χ2v) is 7.13. The molecule has 2 N–H and O–H groups in total. The number of hydrogen-bond donors (Lipinski definition) is 2. The molecule has 0 spiro atoms. The van der Waals surface area contributed by atoms with Gasteiger partial charge >= 0.3 is 0 Å². The number of aliphatic hydroxyl groups is 1. The number of sulfonamides is 1. The minimum atomic E-state index is -3.38. The van der Waals surface area contributed by atoms with E-state index in [1.165, 1.54) is 0 Å². The van der Waals surface area contributed by atoms with Crippen LogP contribution in [-0.2, 0) is 10.0 Å². The van der Waals surface area contributed by atoms with Gasteiger partial charge in [0.25, 0.3) is 0 Å². The molecule has 0 atom stereocenters. The zero-order valence-electron chi connectivity index (χ0n) is 11.9. The fourth-order valence-electron chi connectivity index (χ4n) is 2.50. The van der Waals surface area contributed by atoms with Crippen molar-refractivity contribution in [2.75, 3.05) is 25.0 Å². The van der Waals surface area contributed by atoms with Gasteiger partial charge in [-0.1, -0.05) is 6.92 Å². The fraction of sp³-hybridized carbons (Fsp3) is 0.571. The summed E-state index contributed by atoms with van der Waals surface area (Å²) in [6.45, 7) is 3.02. The van der Waals surface area contributed by atoms with E-state index in [0.29, 0.717) is 12.5 Å². The van der Waals surface area contributed by atoms with Gasteiger partial charge in [-0.15, -0.1) is 0 Å². The van der Waals surface area contributed by atoms with Gasteiger partial charge in [-0.2, -0.15) is 0 Å². The van der Waals surface area contributed by atoms with Gasteiger partial charge in [-0.3, -0.25) is 0 Å². The molecule has 6 heteroatoms. The van der Waals surface area contributed by atoms with Crippen molar-refractivity contribution < 1.29 is 13.5 Å². The van der Waals surface area contributed by atoms with Gasteiger partial charge in [0.1, 0.15) is 0 Å². The Morgan fingerprint density at radius 1 is 1.30 bits per heavy atom. The highest BCUT2D eigenvalue weighted by atomic mass is 32.2. The van der Waals surface area contributed by atoms with Gasteiger partial charge in [-0.25, -0.2) is 13.1 Å². The van der Waals surface area contributed by atoms with Crippen LogP contribution in [-0.4, -0.2) is 39.8 Å². The van der Waals surface area contributed by atoms with Crippen LogP contribution in [0.5, 0.6) is 0 Å². The summed E-state index contributed by atoms with van der Waals surface area (Å²) in [5.74, 6) is 0.528. The third-order valence-electron chi connectivity index (χ3n) is 3.67. The Labute approximate surface area is 120 Å². The number of rotatable bonds is 6. The molecule has 1 aliphatic carbocycles. The third-order valence-corrected chi connectivity index (χ3v) is 5.23. The Bertz CT molecular complexity index is 536. The van der Waals surface area contributed by atoms with Gasteiger partial charge in [0, 0.05) is 25.8 Å². The van der Waals surface area contributed by atoms with Crippen LogP contribution in [0.1, 0.15) is 19.8 Å². The Kier molecular flexibility index (Phi) is 4.67. The number of nitrogens with zero attached hydrogens (tertiary/aromatic N) is 1. The fourth-order valence-corrected chi connectivity index (χ4v) is 3.54. The summed E-state index contributed by atoms with van der Waals surface area (Å²) >= 11 is 0. The summed E-state index contributed by atoms with van der Waals surface area (Å²) in [5.41, 5.74) is 0.988. The van der Waals surface area contributed by atoms with Crippen LogP contribution < -0.4 is 9.62 Å². The molecule has 5 nitrogen and oxygen atoms in total. The molecule has 1 saturated carbocycles.